The van der Waals surface area contributed by atoms with Crippen molar-refractivity contribution in [2.24, 2.45) is 0 Å². The molecule has 0 rings (SSSR count). The van der Waals surface area contributed by atoms with Crippen molar-refractivity contribution >= 4 is 22.1 Å². The lowest BCUT2D eigenvalue weighted by atomic mass is 10.0. The van der Waals surface area contributed by atoms with Gasteiger partial charge in [0, 0.05) is 6.61 Å². The molecule has 0 fully saturated rings. The van der Waals surface area contributed by atoms with Gasteiger partial charge >= 0.3 is 11.9 Å². The zero-order valence-electron chi connectivity index (χ0n) is 21.2. The van der Waals surface area contributed by atoms with Crippen molar-refractivity contribution in [2.45, 2.75) is 128 Å². The van der Waals surface area contributed by atoms with Crippen LogP contribution in [0, 0.1) is 0 Å². The normalized spacial score (nSPS) is 12.5. The van der Waals surface area contributed by atoms with Crippen LogP contribution in [0.25, 0.3) is 0 Å². The van der Waals surface area contributed by atoms with Gasteiger partial charge in [-0.1, -0.05) is 110 Å². The quantitative estimate of drug-likeness (QED) is 0.0882. The van der Waals surface area contributed by atoms with E-state index in [1.807, 2.05) is 0 Å². The Morgan fingerprint density at radius 1 is 0.676 bits per heavy atom. The van der Waals surface area contributed by atoms with Crippen molar-refractivity contribution in [1.29, 1.82) is 0 Å². The molecule has 34 heavy (non-hydrogen) atoms. The second kappa shape index (κ2) is 22.3. The molecule has 8 nitrogen and oxygen atoms in total. The van der Waals surface area contributed by atoms with Crippen LogP contribution in [0.3, 0.4) is 0 Å². The molecule has 0 bridgehead atoms. The highest BCUT2D eigenvalue weighted by molar-refractivity contribution is 7.87. The highest BCUT2D eigenvalue weighted by Crippen LogP contribution is 2.14. The van der Waals surface area contributed by atoms with Crippen molar-refractivity contribution in [3.8, 4) is 0 Å². The molecule has 0 saturated heterocycles. The van der Waals surface area contributed by atoms with E-state index < -0.39 is 33.7 Å². The van der Waals surface area contributed by atoms with Crippen LogP contribution in [0.15, 0.2) is 0 Å². The van der Waals surface area contributed by atoms with E-state index in [1.54, 1.807) is 0 Å². The Bertz CT molecular complexity index is 606. The minimum absolute atomic E-state index is 0.0931. The van der Waals surface area contributed by atoms with Crippen LogP contribution in [0.5, 0.6) is 0 Å². The maximum absolute atomic E-state index is 11.6. The second-order valence-electron chi connectivity index (χ2n) is 9.04. The van der Waals surface area contributed by atoms with Gasteiger partial charge in [-0.25, -0.2) is 0 Å². The van der Waals surface area contributed by atoms with Gasteiger partial charge in [0.1, 0.15) is 6.61 Å². The van der Waals surface area contributed by atoms with Gasteiger partial charge in [-0.3, -0.25) is 14.1 Å². The van der Waals surface area contributed by atoms with Crippen LogP contribution >= 0.6 is 0 Å². The summed E-state index contributed by atoms with van der Waals surface area (Å²) in [5.41, 5.74) is 0. The van der Waals surface area contributed by atoms with E-state index in [1.165, 1.54) is 96.3 Å². The lowest BCUT2D eigenvalue weighted by molar-refractivity contribution is -0.148. The molecule has 1 atom stereocenters. The van der Waals surface area contributed by atoms with Crippen molar-refractivity contribution in [2.75, 3.05) is 19.8 Å². The van der Waals surface area contributed by atoms with Gasteiger partial charge in [-0.05, 0) is 6.42 Å². The van der Waals surface area contributed by atoms with Gasteiger partial charge in [0.15, 0.2) is 5.25 Å². The third-order valence-corrected chi connectivity index (χ3v) is 6.92. The van der Waals surface area contributed by atoms with E-state index in [0.717, 1.165) is 12.8 Å². The maximum Gasteiger partial charge on any atom is 0.327 e. The molecular weight excluding hydrogens is 460 g/mol. The van der Waals surface area contributed by atoms with Crippen LogP contribution in [0.2, 0.25) is 0 Å². The number of carbonyl (C=O) groups is 2. The predicted molar refractivity (Wildman–Crippen MR) is 134 cm³/mol. The van der Waals surface area contributed by atoms with Crippen LogP contribution in [-0.4, -0.2) is 55.1 Å². The van der Waals surface area contributed by atoms with E-state index in [9.17, 15) is 18.0 Å². The first-order chi connectivity index (χ1) is 16.3. The van der Waals surface area contributed by atoms with Gasteiger partial charge in [-0.2, -0.15) is 8.42 Å². The SMILES string of the molecule is CCCCCCCCCCCCCCCCCCCOCCOC(=O)C(CC(=O)O)S(=O)(=O)O. The molecule has 0 aromatic heterocycles. The van der Waals surface area contributed by atoms with Crippen LogP contribution in [0.4, 0.5) is 0 Å². The smallest absolute Gasteiger partial charge is 0.327 e. The lowest BCUT2D eigenvalue weighted by Gasteiger charge is -2.11. The summed E-state index contributed by atoms with van der Waals surface area (Å²) in [6.45, 7) is 2.68. The monoisotopic (exact) mass is 508 g/mol. The van der Waals surface area contributed by atoms with Gasteiger partial charge < -0.3 is 14.6 Å². The van der Waals surface area contributed by atoms with Crippen molar-refractivity contribution in [1.82, 2.24) is 0 Å². The second-order valence-corrected chi connectivity index (χ2v) is 10.6. The molecule has 2 N–H and O–H groups in total. The maximum atomic E-state index is 11.6. The van der Waals surface area contributed by atoms with Crippen molar-refractivity contribution in [3.05, 3.63) is 0 Å². The molecule has 0 heterocycles. The summed E-state index contributed by atoms with van der Waals surface area (Å²) in [5, 5.41) is 6.52. The lowest BCUT2D eigenvalue weighted by Crippen LogP contribution is -2.34. The number of carboxylic acids is 1. The number of hydrogen-bond donors (Lipinski definition) is 2. The molecule has 0 aliphatic heterocycles. The van der Waals surface area contributed by atoms with Gasteiger partial charge in [0.05, 0.1) is 13.0 Å². The summed E-state index contributed by atoms with van der Waals surface area (Å²) >= 11 is 0. The molecule has 0 aromatic carbocycles. The minimum Gasteiger partial charge on any atom is -0.481 e. The van der Waals surface area contributed by atoms with E-state index in [4.69, 9.17) is 19.1 Å². The Kier molecular flexibility index (Phi) is 21.5. The fourth-order valence-corrected chi connectivity index (χ4v) is 4.46. The van der Waals surface area contributed by atoms with E-state index in [0.29, 0.717) is 6.61 Å². The number of hydrogen-bond acceptors (Lipinski definition) is 6. The summed E-state index contributed by atoms with van der Waals surface area (Å²) < 4.78 is 41.2. The molecule has 0 aromatic rings. The number of rotatable bonds is 25. The zero-order valence-corrected chi connectivity index (χ0v) is 22.0. The van der Waals surface area contributed by atoms with Gasteiger partial charge in [-0.15, -0.1) is 0 Å². The van der Waals surface area contributed by atoms with Crippen molar-refractivity contribution in [3.63, 3.8) is 0 Å². The average molecular weight is 509 g/mol. The number of esters is 1. The molecule has 0 amide bonds. The summed E-state index contributed by atoms with van der Waals surface area (Å²) in [5.74, 6) is -2.80. The third kappa shape index (κ3) is 21.4. The van der Waals surface area contributed by atoms with Crippen LogP contribution in [-0.2, 0) is 29.2 Å². The summed E-state index contributed by atoms with van der Waals surface area (Å²) in [7, 11) is -4.83. The third-order valence-electron chi connectivity index (χ3n) is 5.85. The molecule has 1 unspecified atom stereocenters. The van der Waals surface area contributed by atoms with Crippen molar-refractivity contribution < 1.29 is 37.1 Å². The van der Waals surface area contributed by atoms with Crippen LogP contribution < -0.4 is 0 Å². The van der Waals surface area contributed by atoms with E-state index in [2.05, 4.69) is 6.92 Å². The Labute approximate surface area is 206 Å². The standard InChI is InChI=1S/C25H48O8S/c1-2-3-4-5-6-7-8-9-10-11-12-13-14-15-16-17-18-19-32-20-21-33-25(28)23(22-24(26)27)34(29,30)31/h23H,2-22H2,1H3,(H,26,27)(H,29,30,31). The number of carbonyl (C=O) groups excluding carboxylic acids is 1. The molecule has 202 valence electrons. The summed E-state index contributed by atoms with van der Waals surface area (Å²) in [4.78, 5) is 22.3. The summed E-state index contributed by atoms with van der Waals surface area (Å²) in [6, 6.07) is 0. The number of ether oxygens (including phenoxy) is 2. The van der Waals surface area contributed by atoms with Crippen LogP contribution in [0.1, 0.15) is 122 Å². The Morgan fingerprint density at radius 3 is 1.47 bits per heavy atom. The highest BCUT2D eigenvalue weighted by Gasteiger charge is 2.34. The largest absolute Gasteiger partial charge is 0.481 e. The summed E-state index contributed by atoms with van der Waals surface area (Å²) in [6.07, 6.45) is 21.1. The van der Waals surface area contributed by atoms with Gasteiger partial charge in [0.25, 0.3) is 10.1 Å². The fraction of sp³-hybridized carbons (Fsp3) is 0.920. The molecule has 0 aliphatic rings. The topological polar surface area (TPSA) is 127 Å². The first-order valence-corrected chi connectivity index (χ1v) is 14.7. The minimum atomic E-state index is -4.83. The highest BCUT2D eigenvalue weighted by atomic mass is 32.2. The first-order valence-electron chi connectivity index (χ1n) is 13.2. The average Bonchev–Trinajstić information content (AvgIpc) is 2.77. The zero-order chi connectivity index (χ0) is 25.5. The predicted octanol–water partition coefficient (Wildman–Crippen LogP) is 5.93. The number of unbranched alkanes of at least 4 members (excludes halogenated alkanes) is 16. The molecule has 9 heteroatoms. The van der Waals surface area contributed by atoms with E-state index >= 15 is 0 Å². The Balaban J connectivity index is 3.39. The van der Waals surface area contributed by atoms with Gasteiger partial charge in [0.2, 0.25) is 0 Å². The molecule has 0 radical (unpaired) electrons. The molecule has 0 spiro atoms. The fourth-order valence-electron chi connectivity index (χ4n) is 3.79. The molecule has 0 saturated carbocycles. The van der Waals surface area contributed by atoms with E-state index in [-0.39, 0.29) is 13.2 Å². The molecule has 0 aliphatic carbocycles. The Hall–Kier alpha value is -1.19. The Morgan fingerprint density at radius 2 is 1.09 bits per heavy atom. The molecular formula is C25H48O8S. The first kappa shape index (κ1) is 32.8. The number of carboxylic acid groups (broad SMARTS) is 1. The number of aliphatic carboxylic acids is 1.